The molecule has 3 rings (SSSR count). The minimum absolute atomic E-state index is 0.00905. The Kier molecular flexibility index (Phi) is 6.16. The zero-order valence-electron chi connectivity index (χ0n) is 16.3. The number of hydrogen-bond acceptors (Lipinski definition) is 4. The first-order valence-corrected chi connectivity index (χ1v) is 9.50. The van der Waals surface area contributed by atoms with Crippen molar-refractivity contribution in [3.8, 4) is 11.1 Å². The Balaban J connectivity index is 1.56. The van der Waals surface area contributed by atoms with Crippen molar-refractivity contribution in [1.82, 2.24) is 10.6 Å². The van der Waals surface area contributed by atoms with Crippen LogP contribution in [0.1, 0.15) is 30.9 Å². The van der Waals surface area contributed by atoms with Crippen LogP contribution >= 0.6 is 0 Å². The lowest BCUT2D eigenvalue weighted by Gasteiger charge is -2.17. The van der Waals surface area contributed by atoms with Gasteiger partial charge in [-0.3, -0.25) is 9.59 Å². The molecule has 0 bridgehead atoms. The first kappa shape index (κ1) is 20.4. The van der Waals surface area contributed by atoms with E-state index in [1.807, 2.05) is 36.4 Å². The Bertz CT molecular complexity index is 881. The predicted molar refractivity (Wildman–Crippen MR) is 107 cm³/mol. The minimum Gasteiger partial charge on any atom is -0.481 e. The maximum absolute atomic E-state index is 12.2. The number of alkyl carbamates (subject to hydrolysis) is 1. The van der Waals surface area contributed by atoms with Crippen LogP contribution in [0.5, 0.6) is 0 Å². The molecule has 0 fully saturated rings. The van der Waals surface area contributed by atoms with Crippen LogP contribution in [0.4, 0.5) is 4.79 Å². The number of carbonyl (C=O) groups excluding carboxylic acids is 2. The molecule has 0 aromatic heterocycles. The molecule has 2 unspecified atom stereocenters. The first-order valence-electron chi connectivity index (χ1n) is 9.50. The third kappa shape index (κ3) is 4.56. The monoisotopic (exact) mass is 396 g/mol. The normalized spacial score (nSPS) is 14.3. The van der Waals surface area contributed by atoms with Gasteiger partial charge in [-0.05, 0) is 29.2 Å². The van der Waals surface area contributed by atoms with E-state index in [-0.39, 0.29) is 19.1 Å². The van der Waals surface area contributed by atoms with Gasteiger partial charge in [-0.1, -0.05) is 55.5 Å². The standard InChI is InChI=1S/C22H24N2O5/c1-13(21(26)27)11-23-20(25)14(2)24-22(28)29-12-19-17-9-5-3-7-15(17)16-8-4-6-10-18(16)19/h3-10,13-14,19H,11-12H2,1-2H3,(H,23,25)(H,24,28)(H,26,27). The number of rotatable bonds is 7. The Morgan fingerprint density at radius 3 is 2.10 bits per heavy atom. The maximum atomic E-state index is 12.2. The molecule has 1 aliphatic carbocycles. The molecule has 0 saturated heterocycles. The van der Waals surface area contributed by atoms with Gasteiger partial charge in [0.05, 0.1) is 5.92 Å². The highest BCUT2D eigenvalue weighted by Crippen LogP contribution is 2.44. The molecular weight excluding hydrogens is 372 g/mol. The van der Waals surface area contributed by atoms with Crippen molar-refractivity contribution in [3.05, 3.63) is 59.7 Å². The second kappa shape index (κ2) is 8.77. The number of hydrogen-bond donors (Lipinski definition) is 3. The van der Waals surface area contributed by atoms with Crippen LogP contribution in [0.15, 0.2) is 48.5 Å². The largest absolute Gasteiger partial charge is 0.481 e. The van der Waals surface area contributed by atoms with Crippen molar-refractivity contribution in [3.63, 3.8) is 0 Å². The molecule has 2 aromatic carbocycles. The van der Waals surface area contributed by atoms with Crippen LogP contribution in [0, 0.1) is 5.92 Å². The lowest BCUT2D eigenvalue weighted by molar-refractivity contribution is -0.141. The van der Waals surface area contributed by atoms with E-state index in [0.717, 1.165) is 22.3 Å². The highest BCUT2D eigenvalue weighted by Gasteiger charge is 2.29. The average molecular weight is 396 g/mol. The summed E-state index contributed by atoms with van der Waals surface area (Å²) in [4.78, 5) is 35.0. The van der Waals surface area contributed by atoms with E-state index in [0.29, 0.717) is 0 Å². The van der Waals surface area contributed by atoms with Gasteiger partial charge in [-0.25, -0.2) is 4.79 Å². The Hall–Kier alpha value is -3.35. The Labute approximate surface area is 169 Å². The van der Waals surface area contributed by atoms with Gasteiger partial charge in [0.2, 0.25) is 5.91 Å². The van der Waals surface area contributed by atoms with Crippen LogP contribution in [-0.4, -0.2) is 42.3 Å². The Morgan fingerprint density at radius 2 is 1.55 bits per heavy atom. The summed E-state index contributed by atoms with van der Waals surface area (Å²) in [6.07, 6.45) is -0.694. The third-order valence-corrected chi connectivity index (χ3v) is 5.08. The molecule has 1 aliphatic rings. The fourth-order valence-corrected chi connectivity index (χ4v) is 3.38. The SMILES string of the molecule is CC(CNC(=O)C(C)NC(=O)OCC1c2ccccc2-c2ccccc21)C(=O)O. The van der Waals surface area contributed by atoms with Gasteiger partial charge in [0.15, 0.2) is 0 Å². The van der Waals surface area contributed by atoms with E-state index < -0.39 is 29.9 Å². The second-order valence-electron chi connectivity index (χ2n) is 7.18. The summed E-state index contributed by atoms with van der Waals surface area (Å²) >= 11 is 0. The van der Waals surface area contributed by atoms with Crippen LogP contribution < -0.4 is 10.6 Å². The lowest BCUT2D eigenvalue weighted by Crippen LogP contribution is -2.46. The summed E-state index contributed by atoms with van der Waals surface area (Å²) < 4.78 is 5.40. The van der Waals surface area contributed by atoms with E-state index in [1.165, 1.54) is 13.8 Å². The van der Waals surface area contributed by atoms with Gasteiger partial charge in [0.1, 0.15) is 12.6 Å². The summed E-state index contributed by atoms with van der Waals surface area (Å²) in [6.45, 7) is 3.16. The number of carboxylic acids is 1. The lowest BCUT2D eigenvalue weighted by atomic mass is 9.98. The van der Waals surface area contributed by atoms with E-state index in [4.69, 9.17) is 9.84 Å². The first-order chi connectivity index (χ1) is 13.9. The van der Waals surface area contributed by atoms with Gasteiger partial charge in [0, 0.05) is 12.5 Å². The van der Waals surface area contributed by atoms with E-state index in [9.17, 15) is 14.4 Å². The number of nitrogens with one attached hydrogen (secondary N) is 2. The van der Waals surface area contributed by atoms with Gasteiger partial charge >= 0.3 is 12.1 Å². The fourth-order valence-electron chi connectivity index (χ4n) is 3.38. The van der Waals surface area contributed by atoms with Crippen LogP contribution in [0.25, 0.3) is 11.1 Å². The fraction of sp³-hybridized carbons (Fsp3) is 0.318. The maximum Gasteiger partial charge on any atom is 0.407 e. The predicted octanol–water partition coefficient (Wildman–Crippen LogP) is 2.75. The van der Waals surface area contributed by atoms with Crippen molar-refractivity contribution in [2.24, 2.45) is 5.92 Å². The van der Waals surface area contributed by atoms with Gasteiger partial charge in [-0.15, -0.1) is 0 Å². The van der Waals surface area contributed by atoms with Crippen LogP contribution in [-0.2, 0) is 14.3 Å². The molecule has 0 radical (unpaired) electrons. The van der Waals surface area contributed by atoms with E-state index in [2.05, 4.69) is 22.8 Å². The zero-order chi connectivity index (χ0) is 21.0. The van der Waals surface area contributed by atoms with Crippen molar-refractivity contribution < 1.29 is 24.2 Å². The molecule has 29 heavy (non-hydrogen) atoms. The molecule has 0 heterocycles. The van der Waals surface area contributed by atoms with Crippen LogP contribution in [0.3, 0.4) is 0 Å². The van der Waals surface area contributed by atoms with Gasteiger partial charge < -0.3 is 20.5 Å². The van der Waals surface area contributed by atoms with Gasteiger partial charge in [0.25, 0.3) is 0 Å². The number of carbonyl (C=O) groups is 3. The third-order valence-electron chi connectivity index (χ3n) is 5.08. The molecule has 0 spiro atoms. The van der Waals surface area contributed by atoms with E-state index in [1.54, 1.807) is 0 Å². The van der Waals surface area contributed by atoms with Crippen molar-refractivity contribution in [2.45, 2.75) is 25.8 Å². The summed E-state index contributed by atoms with van der Waals surface area (Å²) in [7, 11) is 0. The molecular formula is C22H24N2O5. The molecule has 2 atom stereocenters. The van der Waals surface area contributed by atoms with Crippen molar-refractivity contribution in [2.75, 3.05) is 13.2 Å². The van der Waals surface area contributed by atoms with Crippen LogP contribution in [0.2, 0.25) is 0 Å². The highest BCUT2D eigenvalue weighted by molar-refractivity contribution is 5.85. The van der Waals surface area contributed by atoms with Crippen molar-refractivity contribution in [1.29, 1.82) is 0 Å². The molecule has 0 aliphatic heterocycles. The molecule has 7 heteroatoms. The summed E-state index contributed by atoms with van der Waals surface area (Å²) in [5.41, 5.74) is 4.49. The highest BCUT2D eigenvalue weighted by atomic mass is 16.5. The number of fused-ring (bicyclic) bond motifs is 3. The number of benzene rings is 2. The summed E-state index contributed by atoms with van der Waals surface area (Å²) in [5, 5.41) is 13.8. The second-order valence-corrected chi connectivity index (χ2v) is 7.18. The number of aliphatic carboxylic acids is 1. The van der Waals surface area contributed by atoms with Gasteiger partial charge in [-0.2, -0.15) is 0 Å². The minimum atomic E-state index is -0.998. The average Bonchev–Trinajstić information content (AvgIpc) is 3.04. The Morgan fingerprint density at radius 1 is 1.00 bits per heavy atom. The number of carboxylic acid groups (broad SMARTS) is 1. The number of amides is 2. The summed E-state index contributed by atoms with van der Waals surface area (Å²) in [6, 6.07) is 15.2. The summed E-state index contributed by atoms with van der Waals surface area (Å²) in [5.74, 6) is -2.23. The number of ether oxygens (including phenoxy) is 1. The molecule has 2 aromatic rings. The molecule has 0 saturated carbocycles. The topological polar surface area (TPSA) is 105 Å². The zero-order valence-corrected chi connectivity index (χ0v) is 16.3. The molecule has 3 N–H and O–H groups in total. The van der Waals surface area contributed by atoms with E-state index >= 15 is 0 Å². The molecule has 2 amide bonds. The molecule has 152 valence electrons. The molecule has 7 nitrogen and oxygen atoms in total. The smallest absolute Gasteiger partial charge is 0.407 e. The quantitative estimate of drug-likeness (QED) is 0.668. The van der Waals surface area contributed by atoms with Crippen molar-refractivity contribution >= 4 is 18.0 Å².